The smallest absolute Gasteiger partial charge is 0.142 e. The summed E-state index contributed by atoms with van der Waals surface area (Å²) in [6.45, 7) is 3.25. The van der Waals surface area contributed by atoms with Gasteiger partial charge in [-0.05, 0) is 37.9 Å². The Morgan fingerprint density at radius 2 is 1.93 bits per heavy atom. The molecule has 82 valence electrons. The van der Waals surface area contributed by atoms with Crippen LogP contribution in [0.3, 0.4) is 0 Å². The van der Waals surface area contributed by atoms with Gasteiger partial charge in [-0.15, -0.1) is 0 Å². The molecule has 0 aromatic carbocycles. The molecule has 1 aliphatic heterocycles. The second-order valence-corrected chi connectivity index (χ2v) is 4.07. The highest BCUT2D eigenvalue weighted by atomic mass is 16.3. The Kier molecular flexibility index (Phi) is 3.64. The van der Waals surface area contributed by atoms with Gasteiger partial charge in [-0.3, -0.25) is 4.90 Å². The van der Waals surface area contributed by atoms with Crippen LogP contribution >= 0.6 is 0 Å². The Labute approximate surface area is 90.0 Å². The number of piperidine rings is 1. The molecule has 1 saturated heterocycles. The predicted octanol–water partition coefficient (Wildman–Crippen LogP) is 0.681. The molecule has 2 heterocycles. The third-order valence-electron chi connectivity index (χ3n) is 2.95. The van der Waals surface area contributed by atoms with E-state index in [0.29, 0.717) is 12.5 Å². The number of hydrogen-bond donors (Lipinski definition) is 1. The van der Waals surface area contributed by atoms with Crippen LogP contribution in [0.25, 0.3) is 0 Å². The molecular formula is C11H17N3O. The van der Waals surface area contributed by atoms with E-state index in [1.54, 1.807) is 12.4 Å². The van der Waals surface area contributed by atoms with Crippen molar-refractivity contribution >= 4 is 0 Å². The minimum atomic E-state index is 0.329. The summed E-state index contributed by atoms with van der Waals surface area (Å²) < 4.78 is 0. The van der Waals surface area contributed by atoms with Crippen LogP contribution in [0.2, 0.25) is 0 Å². The van der Waals surface area contributed by atoms with Gasteiger partial charge >= 0.3 is 0 Å². The highest BCUT2D eigenvalue weighted by molar-refractivity contribution is 4.89. The van der Waals surface area contributed by atoms with E-state index >= 15 is 0 Å². The Hall–Kier alpha value is -1.00. The van der Waals surface area contributed by atoms with E-state index in [0.717, 1.165) is 38.3 Å². The highest BCUT2D eigenvalue weighted by Gasteiger charge is 2.18. The molecule has 0 atom stereocenters. The van der Waals surface area contributed by atoms with Gasteiger partial charge in [0.2, 0.25) is 0 Å². The van der Waals surface area contributed by atoms with Crippen molar-refractivity contribution < 1.29 is 5.11 Å². The lowest BCUT2D eigenvalue weighted by atomic mass is 9.98. The topological polar surface area (TPSA) is 49.2 Å². The second-order valence-electron chi connectivity index (χ2n) is 4.07. The molecule has 0 spiro atoms. The van der Waals surface area contributed by atoms with Crippen molar-refractivity contribution in [2.75, 3.05) is 19.7 Å². The Bertz CT molecular complexity index is 283. The van der Waals surface area contributed by atoms with Crippen LogP contribution in [0.5, 0.6) is 0 Å². The van der Waals surface area contributed by atoms with Crippen molar-refractivity contribution in [3.05, 3.63) is 24.3 Å². The van der Waals surface area contributed by atoms with Crippen LogP contribution in [-0.4, -0.2) is 39.7 Å². The molecule has 1 fully saturated rings. The number of likely N-dealkylation sites (tertiary alicyclic amines) is 1. The summed E-state index contributed by atoms with van der Waals surface area (Å²) in [5, 5.41) is 9.02. The molecule has 0 unspecified atom stereocenters. The van der Waals surface area contributed by atoms with Crippen LogP contribution in [0.15, 0.2) is 18.5 Å². The first-order valence-electron chi connectivity index (χ1n) is 5.47. The van der Waals surface area contributed by atoms with E-state index < -0.39 is 0 Å². The van der Waals surface area contributed by atoms with Crippen LogP contribution < -0.4 is 0 Å². The maximum absolute atomic E-state index is 9.02. The summed E-state index contributed by atoms with van der Waals surface area (Å²) in [5.74, 6) is 1.39. The van der Waals surface area contributed by atoms with Gasteiger partial charge in [-0.1, -0.05) is 0 Å². The zero-order chi connectivity index (χ0) is 10.5. The molecule has 15 heavy (non-hydrogen) atoms. The Balaban J connectivity index is 1.82. The monoisotopic (exact) mass is 207 g/mol. The van der Waals surface area contributed by atoms with E-state index in [4.69, 9.17) is 5.11 Å². The van der Waals surface area contributed by atoms with E-state index in [1.807, 2.05) is 6.07 Å². The minimum absolute atomic E-state index is 0.329. The van der Waals surface area contributed by atoms with Crippen molar-refractivity contribution in [3.63, 3.8) is 0 Å². The molecule has 0 amide bonds. The van der Waals surface area contributed by atoms with Crippen LogP contribution in [0, 0.1) is 5.92 Å². The summed E-state index contributed by atoms with van der Waals surface area (Å²) in [5.41, 5.74) is 0. The van der Waals surface area contributed by atoms with Gasteiger partial charge in [0.1, 0.15) is 5.82 Å². The van der Waals surface area contributed by atoms with Gasteiger partial charge in [-0.25, -0.2) is 9.97 Å². The summed E-state index contributed by atoms with van der Waals surface area (Å²) in [4.78, 5) is 10.8. The lowest BCUT2D eigenvalue weighted by Gasteiger charge is -2.30. The number of rotatable bonds is 3. The molecule has 0 radical (unpaired) electrons. The molecular weight excluding hydrogens is 190 g/mol. The lowest BCUT2D eigenvalue weighted by Crippen LogP contribution is -2.34. The number of aliphatic hydroxyl groups is 1. The SMILES string of the molecule is OCC1CCN(Cc2ncccn2)CC1. The molecule has 0 bridgehead atoms. The minimum Gasteiger partial charge on any atom is -0.396 e. The van der Waals surface area contributed by atoms with Crippen molar-refractivity contribution in [3.8, 4) is 0 Å². The van der Waals surface area contributed by atoms with Crippen molar-refractivity contribution in [1.29, 1.82) is 0 Å². The standard InChI is InChI=1S/C11H17N3O/c15-9-10-2-6-14(7-3-10)8-11-12-4-1-5-13-11/h1,4-5,10,15H,2-3,6-9H2. The molecule has 4 nitrogen and oxygen atoms in total. The second kappa shape index (κ2) is 5.19. The van der Waals surface area contributed by atoms with Crippen molar-refractivity contribution in [1.82, 2.24) is 14.9 Å². The Morgan fingerprint density at radius 3 is 2.53 bits per heavy atom. The molecule has 2 rings (SSSR count). The van der Waals surface area contributed by atoms with Gasteiger partial charge in [0.25, 0.3) is 0 Å². The summed E-state index contributed by atoms with van der Waals surface area (Å²) >= 11 is 0. The van der Waals surface area contributed by atoms with Gasteiger partial charge in [0.15, 0.2) is 0 Å². The van der Waals surface area contributed by atoms with Gasteiger partial charge in [0.05, 0.1) is 6.54 Å². The van der Waals surface area contributed by atoms with E-state index in [1.165, 1.54) is 0 Å². The average Bonchev–Trinajstić information content (AvgIpc) is 2.31. The maximum atomic E-state index is 9.02. The molecule has 1 aliphatic rings. The quantitative estimate of drug-likeness (QED) is 0.792. The van der Waals surface area contributed by atoms with Crippen molar-refractivity contribution in [2.45, 2.75) is 19.4 Å². The maximum Gasteiger partial charge on any atom is 0.142 e. The largest absolute Gasteiger partial charge is 0.396 e. The van der Waals surface area contributed by atoms with Gasteiger partial charge in [-0.2, -0.15) is 0 Å². The van der Waals surface area contributed by atoms with E-state index in [2.05, 4.69) is 14.9 Å². The zero-order valence-electron chi connectivity index (χ0n) is 8.84. The zero-order valence-corrected chi connectivity index (χ0v) is 8.84. The van der Waals surface area contributed by atoms with Crippen LogP contribution in [0.1, 0.15) is 18.7 Å². The summed E-state index contributed by atoms with van der Waals surface area (Å²) in [6, 6.07) is 1.83. The predicted molar refractivity (Wildman–Crippen MR) is 57.1 cm³/mol. The normalized spacial score (nSPS) is 19.3. The highest BCUT2D eigenvalue weighted by Crippen LogP contribution is 2.17. The van der Waals surface area contributed by atoms with Crippen molar-refractivity contribution in [2.24, 2.45) is 5.92 Å². The molecule has 1 aromatic rings. The number of aliphatic hydroxyl groups excluding tert-OH is 1. The first-order chi connectivity index (χ1) is 7.38. The molecule has 1 aromatic heterocycles. The molecule has 0 saturated carbocycles. The average molecular weight is 207 g/mol. The first kappa shape index (κ1) is 10.5. The van der Waals surface area contributed by atoms with Crippen LogP contribution in [-0.2, 0) is 6.54 Å². The van der Waals surface area contributed by atoms with Gasteiger partial charge in [0, 0.05) is 19.0 Å². The third kappa shape index (κ3) is 2.97. The molecule has 1 N–H and O–H groups in total. The molecule has 0 aliphatic carbocycles. The number of hydrogen-bond acceptors (Lipinski definition) is 4. The number of nitrogens with zero attached hydrogens (tertiary/aromatic N) is 3. The fourth-order valence-corrected chi connectivity index (χ4v) is 1.94. The van der Waals surface area contributed by atoms with Gasteiger partial charge < -0.3 is 5.11 Å². The summed E-state index contributed by atoms with van der Waals surface area (Å²) in [6.07, 6.45) is 5.73. The van der Waals surface area contributed by atoms with Crippen LogP contribution in [0.4, 0.5) is 0 Å². The summed E-state index contributed by atoms with van der Waals surface area (Å²) in [7, 11) is 0. The molecule has 4 heteroatoms. The van der Waals surface area contributed by atoms with E-state index in [9.17, 15) is 0 Å². The lowest BCUT2D eigenvalue weighted by molar-refractivity contribution is 0.125. The fraction of sp³-hybridized carbons (Fsp3) is 0.636. The number of aromatic nitrogens is 2. The fourth-order valence-electron chi connectivity index (χ4n) is 1.94. The van der Waals surface area contributed by atoms with E-state index in [-0.39, 0.29) is 0 Å². The Morgan fingerprint density at radius 1 is 1.27 bits per heavy atom. The third-order valence-corrected chi connectivity index (χ3v) is 2.95. The first-order valence-corrected chi connectivity index (χ1v) is 5.47.